The van der Waals surface area contributed by atoms with E-state index in [2.05, 4.69) is 29.6 Å². The highest BCUT2D eigenvalue weighted by Gasteiger charge is 2.13. The van der Waals surface area contributed by atoms with Crippen LogP contribution in [0, 0.1) is 0 Å². The van der Waals surface area contributed by atoms with E-state index in [9.17, 15) is 0 Å². The lowest BCUT2D eigenvalue weighted by atomic mass is 10.1. The lowest BCUT2D eigenvalue weighted by Gasteiger charge is -2.07. The topological polar surface area (TPSA) is 21.3 Å². The zero-order valence-corrected chi connectivity index (χ0v) is 6.99. The van der Waals surface area contributed by atoms with Crippen molar-refractivity contribution in [1.82, 2.24) is 5.32 Å². The molecule has 0 aliphatic carbocycles. The van der Waals surface area contributed by atoms with Gasteiger partial charge in [0, 0.05) is 6.04 Å². The summed E-state index contributed by atoms with van der Waals surface area (Å²) in [6.07, 6.45) is 1.07. The van der Waals surface area contributed by atoms with Crippen LogP contribution in [0.1, 0.15) is 5.56 Å². The number of rotatable bonds is 2. The fourth-order valence-corrected chi connectivity index (χ4v) is 1.47. The molecule has 0 radical (unpaired) electrons. The minimum absolute atomic E-state index is 0.507. The number of ether oxygens (including phenoxy) is 1. The highest BCUT2D eigenvalue weighted by Crippen LogP contribution is 2.05. The summed E-state index contributed by atoms with van der Waals surface area (Å²) in [5, 5.41) is 3.28. The maximum absolute atomic E-state index is 5.22. The summed E-state index contributed by atoms with van der Waals surface area (Å²) in [5.74, 6) is 0. The average Bonchev–Trinajstić information content (AvgIpc) is 2.59. The fourth-order valence-electron chi connectivity index (χ4n) is 1.47. The molecule has 0 saturated carbocycles. The standard InChI is InChI=1S/C10H13NO/c1-2-4-9(5-3-1)6-10-7-12-8-11-10/h1-5,10-11H,6-8H2/t10-/m1/s1. The van der Waals surface area contributed by atoms with E-state index in [4.69, 9.17) is 4.74 Å². The van der Waals surface area contributed by atoms with Gasteiger partial charge in [0.2, 0.25) is 0 Å². The molecule has 1 aliphatic heterocycles. The smallest absolute Gasteiger partial charge is 0.0969 e. The SMILES string of the molecule is c1ccc(C[C@@H]2COCN2)cc1. The molecule has 2 heteroatoms. The van der Waals surface area contributed by atoms with Gasteiger partial charge in [-0.2, -0.15) is 0 Å². The zero-order valence-electron chi connectivity index (χ0n) is 6.99. The van der Waals surface area contributed by atoms with Crippen molar-refractivity contribution in [3.8, 4) is 0 Å². The molecule has 64 valence electrons. The van der Waals surface area contributed by atoms with Gasteiger partial charge >= 0.3 is 0 Å². The van der Waals surface area contributed by atoms with E-state index in [1.807, 2.05) is 6.07 Å². The van der Waals surface area contributed by atoms with E-state index < -0.39 is 0 Å². The first-order chi connectivity index (χ1) is 5.95. The van der Waals surface area contributed by atoms with Crippen molar-refractivity contribution in [2.24, 2.45) is 0 Å². The number of hydrogen-bond donors (Lipinski definition) is 1. The highest BCUT2D eigenvalue weighted by atomic mass is 16.5. The summed E-state index contributed by atoms with van der Waals surface area (Å²) in [6.45, 7) is 1.55. The maximum atomic E-state index is 5.22. The van der Waals surface area contributed by atoms with Crippen LogP contribution in [0.3, 0.4) is 0 Å². The van der Waals surface area contributed by atoms with Crippen LogP contribution < -0.4 is 5.32 Å². The minimum atomic E-state index is 0.507. The van der Waals surface area contributed by atoms with Crippen LogP contribution in [0.2, 0.25) is 0 Å². The van der Waals surface area contributed by atoms with Gasteiger partial charge in [-0.3, -0.25) is 5.32 Å². The molecule has 1 fully saturated rings. The molecule has 0 amide bonds. The van der Waals surface area contributed by atoms with Crippen LogP contribution in [-0.4, -0.2) is 19.4 Å². The lowest BCUT2D eigenvalue weighted by molar-refractivity contribution is 0.189. The van der Waals surface area contributed by atoms with Gasteiger partial charge < -0.3 is 4.74 Å². The van der Waals surface area contributed by atoms with Gasteiger partial charge in [0.1, 0.15) is 0 Å². The molecule has 2 rings (SSSR count). The second kappa shape index (κ2) is 3.70. The molecule has 0 bridgehead atoms. The predicted molar refractivity (Wildman–Crippen MR) is 47.9 cm³/mol. The molecule has 1 aliphatic rings. The third-order valence-corrected chi connectivity index (χ3v) is 2.12. The molecule has 0 aromatic heterocycles. The van der Waals surface area contributed by atoms with Gasteiger partial charge in [-0.1, -0.05) is 30.3 Å². The molecule has 1 N–H and O–H groups in total. The van der Waals surface area contributed by atoms with Crippen molar-refractivity contribution in [2.45, 2.75) is 12.5 Å². The van der Waals surface area contributed by atoms with Crippen LogP contribution in [-0.2, 0) is 11.2 Å². The van der Waals surface area contributed by atoms with Gasteiger partial charge in [0.25, 0.3) is 0 Å². The van der Waals surface area contributed by atoms with Crippen molar-refractivity contribution < 1.29 is 4.74 Å². The van der Waals surface area contributed by atoms with E-state index in [-0.39, 0.29) is 0 Å². The van der Waals surface area contributed by atoms with Crippen LogP contribution >= 0.6 is 0 Å². The number of nitrogens with one attached hydrogen (secondary N) is 1. The summed E-state index contributed by atoms with van der Waals surface area (Å²) in [4.78, 5) is 0. The largest absolute Gasteiger partial charge is 0.365 e. The first-order valence-electron chi connectivity index (χ1n) is 4.30. The molecule has 1 aromatic rings. The van der Waals surface area contributed by atoms with Crippen molar-refractivity contribution in [1.29, 1.82) is 0 Å². The first kappa shape index (κ1) is 7.77. The Morgan fingerprint density at radius 3 is 2.83 bits per heavy atom. The summed E-state index contributed by atoms with van der Waals surface area (Å²) in [7, 11) is 0. The Morgan fingerprint density at radius 2 is 2.17 bits per heavy atom. The highest BCUT2D eigenvalue weighted by molar-refractivity contribution is 5.16. The average molecular weight is 163 g/mol. The van der Waals surface area contributed by atoms with Gasteiger partial charge in [0.15, 0.2) is 0 Å². The second-order valence-corrected chi connectivity index (χ2v) is 3.11. The van der Waals surface area contributed by atoms with Crippen molar-refractivity contribution in [3.05, 3.63) is 35.9 Å². The molecule has 2 nitrogen and oxygen atoms in total. The predicted octanol–water partition coefficient (Wildman–Crippen LogP) is 1.18. The molecule has 1 heterocycles. The molecule has 1 saturated heterocycles. The maximum Gasteiger partial charge on any atom is 0.0969 e. The molecule has 1 atom stereocenters. The minimum Gasteiger partial charge on any atom is -0.365 e. The van der Waals surface area contributed by atoms with Crippen molar-refractivity contribution in [2.75, 3.05) is 13.3 Å². The van der Waals surface area contributed by atoms with Crippen molar-refractivity contribution >= 4 is 0 Å². The van der Waals surface area contributed by atoms with Gasteiger partial charge in [-0.15, -0.1) is 0 Å². The monoisotopic (exact) mass is 163 g/mol. The summed E-state index contributed by atoms with van der Waals surface area (Å²) in [6, 6.07) is 11.0. The van der Waals surface area contributed by atoms with Crippen molar-refractivity contribution in [3.63, 3.8) is 0 Å². The Bertz CT molecular complexity index is 229. The fraction of sp³-hybridized carbons (Fsp3) is 0.400. The second-order valence-electron chi connectivity index (χ2n) is 3.11. The van der Waals surface area contributed by atoms with E-state index in [1.165, 1.54) is 5.56 Å². The third kappa shape index (κ3) is 1.84. The van der Waals surface area contributed by atoms with Gasteiger partial charge in [0.05, 0.1) is 13.3 Å². The van der Waals surface area contributed by atoms with Gasteiger partial charge in [-0.25, -0.2) is 0 Å². The number of benzene rings is 1. The third-order valence-electron chi connectivity index (χ3n) is 2.12. The number of hydrogen-bond acceptors (Lipinski definition) is 2. The Hall–Kier alpha value is -0.860. The summed E-state index contributed by atoms with van der Waals surface area (Å²) in [5.41, 5.74) is 1.38. The van der Waals surface area contributed by atoms with E-state index in [0.29, 0.717) is 12.8 Å². The molecule has 1 aromatic carbocycles. The van der Waals surface area contributed by atoms with Crippen LogP contribution in [0.5, 0.6) is 0 Å². The normalized spacial score (nSPS) is 22.8. The lowest BCUT2D eigenvalue weighted by Crippen LogP contribution is -2.25. The summed E-state index contributed by atoms with van der Waals surface area (Å²) >= 11 is 0. The molecule has 12 heavy (non-hydrogen) atoms. The Morgan fingerprint density at radius 1 is 1.33 bits per heavy atom. The Labute approximate surface area is 72.5 Å². The molecule has 0 spiro atoms. The molecule has 0 unspecified atom stereocenters. The van der Waals surface area contributed by atoms with E-state index in [0.717, 1.165) is 13.0 Å². The van der Waals surface area contributed by atoms with Crippen LogP contribution in [0.25, 0.3) is 0 Å². The van der Waals surface area contributed by atoms with Crippen LogP contribution in [0.4, 0.5) is 0 Å². The molecular weight excluding hydrogens is 150 g/mol. The van der Waals surface area contributed by atoms with E-state index in [1.54, 1.807) is 0 Å². The Kier molecular flexibility index (Phi) is 2.39. The summed E-state index contributed by atoms with van der Waals surface area (Å²) < 4.78 is 5.22. The van der Waals surface area contributed by atoms with Crippen LogP contribution in [0.15, 0.2) is 30.3 Å². The van der Waals surface area contributed by atoms with E-state index >= 15 is 0 Å². The quantitative estimate of drug-likeness (QED) is 0.706. The Balaban J connectivity index is 1.94. The zero-order chi connectivity index (χ0) is 8.23. The van der Waals surface area contributed by atoms with Gasteiger partial charge in [-0.05, 0) is 12.0 Å². The molecular formula is C10H13NO. The first-order valence-corrected chi connectivity index (χ1v) is 4.30.